The van der Waals surface area contributed by atoms with Gasteiger partial charge in [0.15, 0.2) is 0 Å². The second-order valence-corrected chi connectivity index (χ2v) is 7.85. The first-order valence-corrected chi connectivity index (χ1v) is 10.3. The summed E-state index contributed by atoms with van der Waals surface area (Å²) < 4.78 is 55.3. The summed E-state index contributed by atoms with van der Waals surface area (Å²) in [6, 6.07) is 13.2. The maximum atomic E-state index is 13.1. The van der Waals surface area contributed by atoms with Gasteiger partial charge in [-0.15, -0.1) is 4.91 Å². The normalized spacial score (nSPS) is 16.9. The Morgan fingerprint density at radius 3 is 2.59 bits per heavy atom. The molecule has 0 N–H and O–H groups in total. The van der Waals surface area contributed by atoms with Crippen LogP contribution in [0, 0.1) is 4.91 Å². The van der Waals surface area contributed by atoms with E-state index in [1.807, 2.05) is 12.1 Å². The quantitative estimate of drug-likeness (QED) is 0.258. The summed E-state index contributed by atoms with van der Waals surface area (Å²) in [5.41, 5.74) is 1.68. The van der Waals surface area contributed by atoms with E-state index in [0.717, 1.165) is 5.56 Å². The Morgan fingerprint density at radius 2 is 1.94 bits per heavy atom. The summed E-state index contributed by atoms with van der Waals surface area (Å²) in [6.45, 7) is 1.82. The molecule has 1 aromatic heterocycles. The molecule has 1 atom stereocenters. The number of hydrogen-bond donors (Lipinski definition) is 0. The van der Waals surface area contributed by atoms with Crippen molar-refractivity contribution in [2.45, 2.75) is 30.1 Å². The average molecular weight is 467 g/mol. The van der Waals surface area contributed by atoms with Gasteiger partial charge in [0.1, 0.15) is 0 Å². The molecule has 0 amide bonds. The molecule has 0 aliphatic carbocycles. The second kappa shape index (κ2) is 9.25. The Morgan fingerprint density at radius 1 is 1.19 bits per heavy atom. The number of likely N-dealkylation sites (tertiary alicyclic amines) is 1. The van der Waals surface area contributed by atoms with Crippen molar-refractivity contribution < 1.29 is 21.6 Å². The number of rotatable bonds is 7. The molecule has 1 aliphatic heterocycles. The first-order chi connectivity index (χ1) is 15.4. The summed E-state index contributed by atoms with van der Waals surface area (Å²) >= 11 is 0.205. The van der Waals surface area contributed by atoms with Gasteiger partial charge in [0.2, 0.25) is 5.82 Å². The summed E-state index contributed by atoms with van der Waals surface area (Å²) in [5, 5.41) is 7.84. The maximum absolute atomic E-state index is 13.1. The van der Waals surface area contributed by atoms with Gasteiger partial charge >= 0.3 is 12.1 Å². The van der Waals surface area contributed by atoms with E-state index in [9.17, 15) is 22.0 Å². The molecule has 0 spiro atoms. The standard InChI is InChI=1S/C20H17F4N5O2S/c21-20(22,23)19-25-18(26-31-19)13-5-7-15(8-6-13)29(27-30)16-9-10-28(12-16)11-14-3-1-2-4-17(14)32-24/h1-8,16H,9-12H2. The van der Waals surface area contributed by atoms with Crippen LogP contribution in [-0.2, 0) is 12.7 Å². The molecule has 1 fully saturated rings. The number of alkyl halides is 3. The van der Waals surface area contributed by atoms with Crippen molar-refractivity contribution in [2.75, 3.05) is 18.1 Å². The molecule has 2 aromatic carbocycles. The number of hydrogen-bond acceptors (Lipinski definition) is 7. The zero-order valence-electron chi connectivity index (χ0n) is 16.5. The number of benzene rings is 2. The van der Waals surface area contributed by atoms with Crippen molar-refractivity contribution in [3.8, 4) is 11.4 Å². The van der Waals surface area contributed by atoms with Gasteiger partial charge in [-0.05, 0) is 42.3 Å². The van der Waals surface area contributed by atoms with Crippen LogP contribution in [-0.4, -0.2) is 34.2 Å². The van der Waals surface area contributed by atoms with Crippen LogP contribution < -0.4 is 5.01 Å². The lowest BCUT2D eigenvalue weighted by Crippen LogP contribution is -2.33. The first-order valence-electron chi connectivity index (χ1n) is 9.61. The third-order valence-corrected chi connectivity index (χ3v) is 5.75. The van der Waals surface area contributed by atoms with Crippen molar-refractivity contribution in [1.29, 1.82) is 0 Å². The number of aromatic nitrogens is 2. The average Bonchev–Trinajstić information content (AvgIpc) is 3.45. The van der Waals surface area contributed by atoms with Crippen LogP contribution in [0.5, 0.6) is 0 Å². The highest BCUT2D eigenvalue weighted by Gasteiger charge is 2.38. The summed E-state index contributed by atoms with van der Waals surface area (Å²) in [5.74, 6) is -1.63. The van der Waals surface area contributed by atoms with Crippen molar-refractivity contribution in [3.05, 3.63) is 64.9 Å². The van der Waals surface area contributed by atoms with Crippen LogP contribution in [0.25, 0.3) is 11.4 Å². The molecular formula is C20H17F4N5O2S. The number of nitrogens with zero attached hydrogens (tertiary/aromatic N) is 5. The molecule has 1 unspecified atom stereocenters. The topological polar surface area (TPSA) is 74.8 Å². The van der Waals surface area contributed by atoms with Crippen LogP contribution in [0.4, 0.5) is 22.7 Å². The fourth-order valence-electron chi connectivity index (χ4n) is 3.65. The molecule has 168 valence electrons. The lowest BCUT2D eigenvalue weighted by molar-refractivity contribution is -0.159. The summed E-state index contributed by atoms with van der Waals surface area (Å²) in [7, 11) is 0. The van der Waals surface area contributed by atoms with Crippen LogP contribution in [0.3, 0.4) is 0 Å². The highest BCUT2D eigenvalue weighted by molar-refractivity contribution is 7.94. The molecule has 1 aliphatic rings. The zero-order valence-corrected chi connectivity index (χ0v) is 17.3. The third kappa shape index (κ3) is 4.75. The Kier molecular flexibility index (Phi) is 6.42. The van der Waals surface area contributed by atoms with Crippen LogP contribution in [0.2, 0.25) is 0 Å². The van der Waals surface area contributed by atoms with E-state index in [4.69, 9.17) is 0 Å². The van der Waals surface area contributed by atoms with Crippen molar-refractivity contribution >= 4 is 17.8 Å². The van der Waals surface area contributed by atoms with E-state index in [2.05, 4.69) is 24.8 Å². The van der Waals surface area contributed by atoms with Gasteiger partial charge in [0, 0.05) is 30.1 Å². The van der Waals surface area contributed by atoms with Gasteiger partial charge in [-0.25, -0.2) is 5.01 Å². The second-order valence-electron chi connectivity index (χ2n) is 7.26. The van der Waals surface area contributed by atoms with E-state index >= 15 is 0 Å². The minimum Gasteiger partial charge on any atom is -0.329 e. The van der Waals surface area contributed by atoms with Crippen LogP contribution >= 0.6 is 12.1 Å². The molecule has 4 rings (SSSR count). The molecule has 0 saturated carbocycles. The summed E-state index contributed by atoms with van der Waals surface area (Å²) in [4.78, 5) is 17.6. The largest absolute Gasteiger partial charge is 0.471 e. The Bertz CT molecular complexity index is 1080. The minimum atomic E-state index is -4.72. The van der Waals surface area contributed by atoms with Gasteiger partial charge in [-0.3, -0.25) is 4.90 Å². The van der Waals surface area contributed by atoms with Crippen LogP contribution in [0.1, 0.15) is 17.9 Å². The Hall–Kier alpha value is -2.99. The van der Waals surface area contributed by atoms with Crippen molar-refractivity contribution in [1.82, 2.24) is 15.0 Å². The smallest absolute Gasteiger partial charge is 0.329 e. The van der Waals surface area contributed by atoms with Gasteiger partial charge in [0.25, 0.3) is 0 Å². The highest BCUT2D eigenvalue weighted by Crippen LogP contribution is 2.31. The molecule has 0 bridgehead atoms. The molecule has 0 radical (unpaired) electrons. The molecule has 12 heteroatoms. The molecule has 1 saturated heterocycles. The van der Waals surface area contributed by atoms with E-state index in [0.29, 0.717) is 42.2 Å². The molecular weight excluding hydrogens is 450 g/mol. The number of anilines is 1. The highest BCUT2D eigenvalue weighted by atomic mass is 32.2. The number of nitroso groups, excluding NO2 is 1. The molecule has 2 heterocycles. The third-order valence-electron chi connectivity index (χ3n) is 5.19. The predicted octanol–water partition coefficient (Wildman–Crippen LogP) is 5.49. The van der Waals surface area contributed by atoms with E-state index in [-0.39, 0.29) is 24.0 Å². The number of halogens is 4. The molecule has 7 nitrogen and oxygen atoms in total. The van der Waals surface area contributed by atoms with Gasteiger partial charge < -0.3 is 4.52 Å². The first kappa shape index (κ1) is 22.2. The zero-order chi connectivity index (χ0) is 22.7. The lowest BCUT2D eigenvalue weighted by Gasteiger charge is -2.23. The summed E-state index contributed by atoms with van der Waals surface area (Å²) in [6.07, 6.45) is -4.04. The maximum Gasteiger partial charge on any atom is 0.471 e. The van der Waals surface area contributed by atoms with Crippen molar-refractivity contribution in [3.63, 3.8) is 0 Å². The molecule has 32 heavy (non-hydrogen) atoms. The fraction of sp³-hybridized carbons (Fsp3) is 0.300. The Labute approximate surface area is 184 Å². The van der Waals surface area contributed by atoms with E-state index < -0.39 is 12.1 Å². The van der Waals surface area contributed by atoms with Gasteiger partial charge in [-0.1, -0.05) is 23.4 Å². The van der Waals surface area contributed by atoms with Gasteiger partial charge in [-0.2, -0.15) is 22.0 Å². The van der Waals surface area contributed by atoms with E-state index in [1.165, 1.54) is 17.1 Å². The van der Waals surface area contributed by atoms with Crippen molar-refractivity contribution in [2.24, 2.45) is 5.29 Å². The SMILES string of the molecule is O=NN(c1ccc(-c2noc(C(F)(F)F)n2)cc1)C1CCN(Cc2ccccc2SF)C1. The van der Waals surface area contributed by atoms with Crippen LogP contribution in [0.15, 0.2) is 63.2 Å². The van der Waals surface area contributed by atoms with Gasteiger partial charge in [0.05, 0.1) is 29.2 Å². The van der Waals surface area contributed by atoms with E-state index in [1.54, 1.807) is 24.3 Å². The molecule has 3 aromatic rings. The fourth-order valence-corrected chi connectivity index (χ4v) is 4.01. The predicted molar refractivity (Wildman–Crippen MR) is 110 cm³/mol. The Balaban J connectivity index is 1.44. The minimum absolute atomic E-state index is 0.189. The monoisotopic (exact) mass is 467 g/mol. The lowest BCUT2D eigenvalue weighted by atomic mass is 10.1.